The predicted molar refractivity (Wildman–Crippen MR) is 88.9 cm³/mol. The van der Waals surface area contributed by atoms with Crippen LogP contribution in [0.1, 0.15) is 16.1 Å². The third kappa shape index (κ3) is 4.16. The minimum atomic E-state index is -0.207. The molecule has 2 N–H and O–H groups in total. The second-order valence-corrected chi connectivity index (χ2v) is 5.37. The van der Waals surface area contributed by atoms with E-state index in [0.29, 0.717) is 12.2 Å². The SMILES string of the molecule is C=CCNC(=O)c1ccc(Nc2ccc(Br)c(C)c2)cn1. The molecule has 21 heavy (non-hydrogen) atoms. The van der Waals surface area contributed by atoms with Crippen molar-refractivity contribution in [2.45, 2.75) is 6.92 Å². The van der Waals surface area contributed by atoms with Crippen molar-refractivity contribution in [3.8, 4) is 0 Å². The Bertz CT molecular complexity index is 653. The van der Waals surface area contributed by atoms with E-state index < -0.39 is 0 Å². The summed E-state index contributed by atoms with van der Waals surface area (Å²) >= 11 is 3.47. The molecule has 2 aromatic rings. The van der Waals surface area contributed by atoms with Gasteiger partial charge < -0.3 is 10.6 Å². The van der Waals surface area contributed by atoms with Crippen molar-refractivity contribution < 1.29 is 4.79 Å². The van der Waals surface area contributed by atoms with Gasteiger partial charge >= 0.3 is 0 Å². The summed E-state index contributed by atoms with van der Waals surface area (Å²) in [6, 6.07) is 9.51. The highest BCUT2D eigenvalue weighted by Gasteiger charge is 2.05. The van der Waals surface area contributed by atoms with Gasteiger partial charge in [0.2, 0.25) is 0 Å². The molecule has 0 saturated carbocycles. The van der Waals surface area contributed by atoms with Crippen LogP contribution in [0.3, 0.4) is 0 Å². The number of rotatable bonds is 5. The highest BCUT2D eigenvalue weighted by Crippen LogP contribution is 2.22. The molecule has 5 heteroatoms. The molecule has 0 unspecified atom stereocenters. The Balaban J connectivity index is 2.06. The van der Waals surface area contributed by atoms with Gasteiger partial charge in [0.25, 0.3) is 5.91 Å². The Morgan fingerprint density at radius 1 is 1.33 bits per heavy atom. The maximum Gasteiger partial charge on any atom is 0.270 e. The van der Waals surface area contributed by atoms with Crippen LogP contribution in [0.25, 0.3) is 0 Å². The molecular formula is C16H16BrN3O. The number of amides is 1. The molecule has 0 aliphatic carbocycles. The lowest BCUT2D eigenvalue weighted by atomic mass is 10.2. The number of aryl methyl sites for hydroxylation is 1. The molecule has 0 aliphatic rings. The summed E-state index contributed by atoms with van der Waals surface area (Å²) in [5.41, 5.74) is 3.33. The molecule has 1 aromatic heterocycles. The first-order chi connectivity index (χ1) is 10.1. The number of benzene rings is 1. The van der Waals surface area contributed by atoms with E-state index in [9.17, 15) is 4.79 Å². The van der Waals surface area contributed by atoms with Gasteiger partial charge in [-0.2, -0.15) is 0 Å². The number of nitrogens with one attached hydrogen (secondary N) is 2. The molecule has 4 nitrogen and oxygen atoms in total. The largest absolute Gasteiger partial charge is 0.354 e. The molecule has 2 rings (SSSR count). The molecule has 0 radical (unpaired) electrons. The Morgan fingerprint density at radius 3 is 2.71 bits per heavy atom. The van der Waals surface area contributed by atoms with Gasteiger partial charge in [-0.3, -0.25) is 4.79 Å². The van der Waals surface area contributed by atoms with Crippen LogP contribution in [0.15, 0.2) is 53.7 Å². The van der Waals surface area contributed by atoms with Crippen molar-refractivity contribution in [3.05, 3.63) is 64.9 Å². The minimum absolute atomic E-state index is 0.207. The number of nitrogens with zero attached hydrogens (tertiary/aromatic N) is 1. The van der Waals surface area contributed by atoms with Crippen LogP contribution >= 0.6 is 15.9 Å². The molecule has 0 spiro atoms. The second kappa shape index (κ2) is 7.04. The van der Waals surface area contributed by atoms with E-state index in [0.717, 1.165) is 21.4 Å². The maximum absolute atomic E-state index is 11.7. The van der Waals surface area contributed by atoms with Gasteiger partial charge in [-0.15, -0.1) is 6.58 Å². The van der Waals surface area contributed by atoms with Crippen LogP contribution in [0.2, 0.25) is 0 Å². The molecule has 0 saturated heterocycles. The Labute approximate surface area is 132 Å². The van der Waals surface area contributed by atoms with Gasteiger partial charge in [0.15, 0.2) is 0 Å². The van der Waals surface area contributed by atoms with Gasteiger partial charge in [-0.25, -0.2) is 4.98 Å². The lowest BCUT2D eigenvalue weighted by molar-refractivity contribution is 0.0953. The number of carbonyl (C=O) groups is 1. The maximum atomic E-state index is 11.7. The summed E-state index contributed by atoms with van der Waals surface area (Å²) < 4.78 is 1.07. The number of halogens is 1. The smallest absolute Gasteiger partial charge is 0.270 e. The van der Waals surface area contributed by atoms with Gasteiger partial charge in [0.05, 0.1) is 11.9 Å². The lowest BCUT2D eigenvalue weighted by Gasteiger charge is -2.08. The average molecular weight is 346 g/mol. The number of hydrogen-bond donors (Lipinski definition) is 2. The highest BCUT2D eigenvalue weighted by atomic mass is 79.9. The number of aromatic nitrogens is 1. The van der Waals surface area contributed by atoms with Crippen molar-refractivity contribution in [2.24, 2.45) is 0 Å². The van der Waals surface area contributed by atoms with Crippen LogP contribution in [-0.4, -0.2) is 17.4 Å². The van der Waals surface area contributed by atoms with E-state index >= 15 is 0 Å². The quantitative estimate of drug-likeness (QED) is 0.810. The standard InChI is InChI=1S/C16H16BrN3O/c1-3-8-18-16(21)15-7-5-13(10-19-15)20-12-4-6-14(17)11(2)9-12/h3-7,9-10,20H,1,8H2,2H3,(H,18,21). The number of hydrogen-bond acceptors (Lipinski definition) is 3. The molecule has 1 amide bonds. The fraction of sp³-hybridized carbons (Fsp3) is 0.125. The summed E-state index contributed by atoms with van der Waals surface area (Å²) in [5.74, 6) is -0.207. The zero-order chi connectivity index (χ0) is 15.2. The first-order valence-electron chi connectivity index (χ1n) is 6.48. The Morgan fingerprint density at radius 2 is 2.10 bits per heavy atom. The Hall–Kier alpha value is -2.14. The van der Waals surface area contributed by atoms with Crippen molar-refractivity contribution in [3.63, 3.8) is 0 Å². The van der Waals surface area contributed by atoms with Crippen molar-refractivity contribution in [1.82, 2.24) is 10.3 Å². The molecule has 0 fully saturated rings. The third-order valence-electron chi connectivity index (χ3n) is 2.85. The second-order valence-electron chi connectivity index (χ2n) is 4.52. The van der Waals surface area contributed by atoms with Gasteiger partial charge in [0, 0.05) is 16.7 Å². The average Bonchev–Trinajstić information content (AvgIpc) is 2.49. The monoisotopic (exact) mass is 345 g/mol. The van der Waals surface area contributed by atoms with Gasteiger partial charge in [-0.05, 0) is 42.8 Å². The first-order valence-corrected chi connectivity index (χ1v) is 7.28. The van der Waals surface area contributed by atoms with Crippen LogP contribution in [0.5, 0.6) is 0 Å². The molecule has 108 valence electrons. The van der Waals surface area contributed by atoms with Crippen LogP contribution in [0.4, 0.5) is 11.4 Å². The summed E-state index contributed by atoms with van der Waals surface area (Å²) in [5, 5.41) is 5.94. The molecule has 1 aromatic carbocycles. The Kier molecular flexibility index (Phi) is 5.11. The van der Waals surface area contributed by atoms with Crippen molar-refractivity contribution >= 4 is 33.2 Å². The van der Waals surface area contributed by atoms with Crippen LogP contribution in [-0.2, 0) is 0 Å². The van der Waals surface area contributed by atoms with E-state index in [1.54, 1.807) is 18.3 Å². The summed E-state index contributed by atoms with van der Waals surface area (Å²) in [6.45, 7) is 6.01. The van der Waals surface area contributed by atoms with Crippen molar-refractivity contribution in [2.75, 3.05) is 11.9 Å². The van der Waals surface area contributed by atoms with E-state index in [1.165, 1.54) is 0 Å². The number of carbonyl (C=O) groups excluding carboxylic acids is 1. The van der Waals surface area contributed by atoms with Gasteiger partial charge in [0.1, 0.15) is 5.69 Å². The van der Waals surface area contributed by atoms with E-state index in [4.69, 9.17) is 0 Å². The molecule has 1 heterocycles. The molecule has 0 atom stereocenters. The first kappa shape index (κ1) is 15.3. The third-order valence-corrected chi connectivity index (χ3v) is 3.74. The van der Waals surface area contributed by atoms with Crippen molar-refractivity contribution in [1.29, 1.82) is 0 Å². The zero-order valence-corrected chi connectivity index (χ0v) is 13.3. The summed E-state index contributed by atoms with van der Waals surface area (Å²) in [4.78, 5) is 15.9. The molecular weight excluding hydrogens is 330 g/mol. The lowest BCUT2D eigenvalue weighted by Crippen LogP contribution is -2.24. The van der Waals surface area contributed by atoms with Crippen LogP contribution < -0.4 is 10.6 Å². The fourth-order valence-corrected chi connectivity index (χ4v) is 1.99. The molecule has 0 aliphatic heterocycles. The summed E-state index contributed by atoms with van der Waals surface area (Å²) in [6.07, 6.45) is 3.27. The van der Waals surface area contributed by atoms with E-state index in [2.05, 4.69) is 38.1 Å². The normalized spacial score (nSPS) is 10.0. The topological polar surface area (TPSA) is 54.0 Å². The van der Waals surface area contributed by atoms with Crippen LogP contribution in [0, 0.1) is 6.92 Å². The van der Waals surface area contributed by atoms with E-state index in [1.807, 2.05) is 31.2 Å². The fourth-order valence-electron chi connectivity index (χ4n) is 1.75. The zero-order valence-electron chi connectivity index (χ0n) is 11.7. The minimum Gasteiger partial charge on any atom is -0.354 e. The number of anilines is 2. The molecule has 0 bridgehead atoms. The van der Waals surface area contributed by atoms with E-state index in [-0.39, 0.29) is 5.91 Å². The highest BCUT2D eigenvalue weighted by molar-refractivity contribution is 9.10. The predicted octanol–water partition coefficient (Wildman–Crippen LogP) is 3.81. The van der Waals surface area contributed by atoms with Gasteiger partial charge in [-0.1, -0.05) is 22.0 Å². The number of pyridine rings is 1. The summed E-state index contributed by atoms with van der Waals surface area (Å²) in [7, 11) is 0.